The van der Waals surface area contributed by atoms with E-state index in [9.17, 15) is 0 Å². The van der Waals surface area contributed by atoms with E-state index in [1.165, 1.54) is 24.9 Å². The van der Waals surface area contributed by atoms with E-state index in [2.05, 4.69) is 44.3 Å². The van der Waals surface area contributed by atoms with Crippen molar-refractivity contribution in [1.82, 2.24) is 29.4 Å². The number of benzene rings is 1. The van der Waals surface area contributed by atoms with Crippen LogP contribution < -0.4 is 0 Å². The van der Waals surface area contributed by atoms with Crippen molar-refractivity contribution in [3.05, 3.63) is 60.9 Å². The Morgan fingerprint density at radius 3 is 2.79 bits per heavy atom. The summed E-state index contributed by atoms with van der Waals surface area (Å²) in [5.41, 5.74) is 2.46. The van der Waals surface area contributed by atoms with E-state index in [0.29, 0.717) is 5.92 Å². The molecule has 1 aliphatic heterocycles. The van der Waals surface area contributed by atoms with Crippen LogP contribution in [0.2, 0.25) is 0 Å². The summed E-state index contributed by atoms with van der Waals surface area (Å²) in [5, 5.41) is 8.50. The van der Waals surface area contributed by atoms with Gasteiger partial charge in [0, 0.05) is 32.0 Å². The molecular weight excluding hydrogens is 300 g/mol. The van der Waals surface area contributed by atoms with E-state index < -0.39 is 0 Å². The van der Waals surface area contributed by atoms with Crippen LogP contribution in [0.25, 0.3) is 5.69 Å². The molecule has 3 aromatic rings. The van der Waals surface area contributed by atoms with E-state index >= 15 is 0 Å². The molecule has 0 aliphatic carbocycles. The molecule has 0 N–H and O–H groups in total. The molecule has 0 saturated carbocycles. The van der Waals surface area contributed by atoms with E-state index in [-0.39, 0.29) is 0 Å². The Morgan fingerprint density at radius 1 is 1.12 bits per heavy atom. The first-order valence-electron chi connectivity index (χ1n) is 8.50. The summed E-state index contributed by atoms with van der Waals surface area (Å²) in [7, 11) is 0. The first-order chi connectivity index (χ1) is 11.9. The Hall–Kier alpha value is -2.47. The predicted molar refractivity (Wildman–Crippen MR) is 91.6 cm³/mol. The monoisotopic (exact) mass is 322 g/mol. The average molecular weight is 322 g/mol. The minimum absolute atomic E-state index is 0.656. The lowest BCUT2D eigenvalue weighted by Gasteiger charge is -2.32. The van der Waals surface area contributed by atoms with Crippen LogP contribution in [0.1, 0.15) is 18.4 Å². The summed E-state index contributed by atoms with van der Waals surface area (Å²) >= 11 is 0. The van der Waals surface area contributed by atoms with Crippen LogP contribution in [0.3, 0.4) is 0 Å². The van der Waals surface area contributed by atoms with Crippen molar-refractivity contribution in [2.24, 2.45) is 5.92 Å². The fourth-order valence-electron chi connectivity index (χ4n) is 3.47. The molecule has 1 aromatic carbocycles. The largest absolute Gasteiger partial charge is 0.299 e. The summed E-state index contributed by atoms with van der Waals surface area (Å²) in [6, 6.07) is 10.6. The highest BCUT2D eigenvalue weighted by molar-refractivity contribution is 5.33. The number of nitrogens with zero attached hydrogens (tertiary/aromatic N) is 6. The van der Waals surface area contributed by atoms with Gasteiger partial charge in [-0.05, 0) is 49.1 Å². The summed E-state index contributed by atoms with van der Waals surface area (Å²) < 4.78 is 3.84. The first kappa shape index (κ1) is 15.1. The second-order valence-corrected chi connectivity index (χ2v) is 6.48. The number of piperidine rings is 1. The summed E-state index contributed by atoms with van der Waals surface area (Å²) in [6.45, 7) is 4.28. The van der Waals surface area contributed by atoms with Gasteiger partial charge in [0.1, 0.15) is 12.7 Å². The van der Waals surface area contributed by atoms with Gasteiger partial charge in [0.15, 0.2) is 0 Å². The van der Waals surface area contributed by atoms with Gasteiger partial charge in [-0.2, -0.15) is 10.2 Å². The lowest BCUT2D eigenvalue weighted by molar-refractivity contribution is 0.153. The molecule has 3 heterocycles. The summed E-state index contributed by atoms with van der Waals surface area (Å²) in [4.78, 5) is 6.58. The molecule has 1 saturated heterocycles. The maximum atomic E-state index is 4.27. The van der Waals surface area contributed by atoms with Crippen molar-refractivity contribution in [2.75, 3.05) is 13.1 Å². The highest BCUT2D eigenvalue weighted by Crippen LogP contribution is 2.20. The zero-order chi connectivity index (χ0) is 16.2. The Labute approximate surface area is 141 Å². The zero-order valence-corrected chi connectivity index (χ0v) is 13.7. The topological polar surface area (TPSA) is 51.8 Å². The van der Waals surface area contributed by atoms with Crippen LogP contribution in [0.15, 0.2) is 55.4 Å². The van der Waals surface area contributed by atoms with E-state index in [1.54, 1.807) is 12.5 Å². The lowest BCUT2D eigenvalue weighted by Crippen LogP contribution is -2.36. The number of hydrogen-bond acceptors (Lipinski definition) is 4. The maximum Gasteiger partial charge on any atom is 0.137 e. The van der Waals surface area contributed by atoms with Gasteiger partial charge in [0.25, 0.3) is 0 Å². The number of aromatic nitrogens is 5. The van der Waals surface area contributed by atoms with Crippen LogP contribution in [-0.2, 0) is 13.1 Å². The molecule has 6 heteroatoms. The van der Waals surface area contributed by atoms with Gasteiger partial charge in [-0.1, -0.05) is 12.1 Å². The fourth-order valence-corrected chi connectivity index (χ4v) is 3.47. The highest BCUT2D eigenvalue weighted by Gasteiger charge is 2.20. The molecule has 24 heavy (non-hydrogen) atoms. The zero-order valence-electron chi connectivity index (χ0n) is 13.7. The molecule has 1 fully saturated rings. The van der Waals surface area contributed by atoms with Gasteiger partial charge in [-0.3, -0.25) is 9.58 Å². The van der Waals surface area contributed by atoms with Gasteiger partial charge in [-0.15, -0.1) is 0 Å². The van der Waals surface area contributed by atoms with Crippen LogP contribution in [0.5, 0.6) is 0 Å². The molecule has 124 valence electrons. The average Bonchev–Trinajstić information content (AvgIpc) is 3.29. The summed E-state index contributed by atoms with van der Waals surface area (Å²) in [5.74, 6) is 0.656. The third kappa shape index (κ3) is 3.54. The van der Waals surface area contributed by atoms with Crippen LogP contribution in [0, 0.1) is 5.92 Å². The van der Waals surface area contributed by atoms with E-state index in [0.717, 1.165) is 25.3 Å². The number of likely N-dealkylation sites (tertiary alicyclic amines) is 1. The van der Waals surface area contributed by atoms with Crippen LogP contribution in [0.4, 0.5) is 0 Å². The summed E-state index contributed by atoms with van der Waals surface area (Å²) in [6.07, 6.45) is 9.72. The third-order valence-corrected chi connectivity index (χ3v) is 4.63. The van der Waals surface area contributed by atoms with Crippen LogP contribution in [-0.4, -0.2) is 42.5 Å². The predicted octanol–water partition coefficient (Wildman–Crippen LogP) is 2.38. The Balaban J connectivity index is 1.36. The molecular formula is C18H22N6. The number of rotatable bonds is 5. The van der Waals surface area contributed by atoms with Crippen LogP contribution >= 0.6 is 0 Å². The molecule has 2 aromatic heterocycles. The molecule has 0 bridgehead atoms. The molecule has 1 aliphatic rings. The van der Waals surface area contributed by atoms with Crippen molar-refractivity contribution in [1.29, 1.82) is 0 Å². The molecule has 0 spiro atoms. The fraction of sp³-hybridized carbons (Fsp3) is 0.389. The van der Waals surface area contributed by atoms with E-state index in [4.69, 9.17) is 0 Å². The second kappa shape index (κ2) is 6.97. The maximum absolute atomic E-state index is 4.27. The molecule has 0 radical (unpaired) electrons. The Bertz CT molecular complexity index is 732. The van der Waals surface area contributed by atoms with Gasteiger partial charge >= 0.3 is 0 Å². The second-order valence-electron chi connectivity index (χ2n) is 6.48. The Kier molecular flexibility index (Phi) is 4.38. The smallest absolute Gasteiger partial charge is 0.137 e. The van der Waals surface area contributed by atoms with Crippen molar-refractivity contribution >= 4 is 0 Å². The molecule has 0 amide bonds. The highest BCUT2D eigenvalue weighted by atomic mass is 15.3. The number of hydrogen-bond donors (Lipinski definition) is 0. The van der Waals surface area contributed by atoms with Crippen molar-refractivity contribution in [2.45, 2.75) is 25.9 Å². The van der Waals surface area contributed by atoms with Gasteiger partial charge in [0.05, 0.1) is 5.69 Å². The quantitative estimate of drug-likeness (QED) is 0.724. The molecule has 1 atom stereocenters. The van der Waals surface area contributed by atoms with Gasteiger partial charge < -0.3 is 0 Å². The minimum Gasteiger partial charge on any atom is -0.299 e. The van der Waals surface area contributed by atoms with Crippen molar-refractivity contribution < 1.29 is 0 Å². The molecule has 4 rings (SSSR count). The SMILES string of the molecule is c1cnn(-c2ccc(CN3CCC[C@@H](Cn4cncn4)C3)cc2)c1. The standard InChI is InChI=1S/C18H22N6/c1-3-17(13-23-15-19-14-21-23)12-22(9-1)11-16-4-6-18(7-5-16)24-10-2-8-20-24/h2,4-8,10,14-15,17H,1,3,9,11-13H2/t17-/m1/s1. The minimum atomic E-state index is 0.656. The Morgan fingerprint density at radius 2 is 2.04 bits per heavy atom. The molecule has 0 unspecified atom stereocenters. The van der Waals surface area contributed by atoms with Gasteiger partial charge in [0.2, 0.25) is 0 Å². The van der Waals surface area contributed by atoms with Crippen molar-refractivity contribution in [3.8, 4) is 5.69 Å². The normalized spacial score (nSPS) is 18.8. The lowest BCUT2D eigenvalue weighted by atomic mass is 9.97. The van der Waals surface area contributed by atoms with Gasteiger partial charge in [-0.25, -0.2) is 9.67 Å². The first-order valence-corrected chi connectivity index (χ1v) is 8.50. The molecule has 6 nitrogen and oxygen atoms in total. The van der Waals surface area contributed by atoms with Crippen molar-refractivity contribution in [3.63, 3.8) is 0 Å². The third-order valence-electron chi connectivity index (χ3n) is 4.63. The van der Waals surface area contributed by atoms with E-state index in [1.807, 2.05) is 28.0 Å².